The molecule has 8 heteroatoms. The zero-order valence-electron chi connectivity index (χ0n) is 14.6. The number of fused-ring (bicyclic) bond motifs is 1. The van der Waals surface area contributed by atoms with Gasteiger partial charge in [0, 0.05) is 25.1 Å². The molecule has 138 valence electrons. The molecule has 3 aromatic rings. The van der Waals surface area contributed by atoms with Crippen molar-refractivity contribution in [3.05, 3.63) is 63.3 Å². The average Bonchev–Trinajstić information content (AvgIpc) is 2.90. The summed E-state index contributed by atoms with van der Waals surface area (Å²) in [5, 5.41) is 0. The van der Waals surface area contributed by atoms with Crippen LogP contribution in [-0.4, -0.2) is 25.3 Å². The Kier molecular flexibility index (Phi) is 5.86. The van der Waals surface area contributed by atoms with Crippen LogP contribution in [0.4, 0.5) is 0 Å². The minimum absolute atomic E-state index is 0.102. The molecule has 0 atom stereocenters. The van der Waals surface area contributed by atoms with E-state index in [9.17, 15) is 13.2 Å². The second kappa shape index (κ2) is 7.96. The molecule has 0 aliphatic heterocycles. The summed E-state index contributed by atoms with van der Waals surface area (Å²) in [6.07, 6.45) is 0. The predicted octanol–water partition coefficient (Wildman–Crippen LogP) is 3.12. The summed E-state index contributed by atoms with van der Waals surface area (Å²) in [5.74, 6) is 1.54. The van der Waals surface area contributed by atoms with Crippen molar-refractivity contribution in [2.24, 2.45) is 7.05 Å². The normalized spacial score (nSPS) is 11.9. The lowest BCUT2D eigenvalue weighted by Crippen LogP contribution is -2.26. The Balaban J connectivity index is 1.57. The van der Waals surface area contributed by atoms with Gasteiger partial charge in [-0.2, -0.15) is 11.8 Å². The SMILES string of the molecule is Cc1ccc(CSCCNS(=O)(=O)c2ccc3c(c2)sc(=O)n3C)cc1. The first-order valence-corrected chi connectivity index (χ1v) is 11.5. The van der Waals surface area contributed by atoms with Crippen LogP contribution in [0.5, 0.6) is 0 Å². The summed E-state index contributed by atoms with van der Waals surface area (Å²) in [6.45, 7) is 2.42. The van der Waals surface area contributed by atoms with Gasteiger partial charge in [0.25, 0.3) is 0 Å². The number of hydrogen-bond donors (Lipinski definition) is 1. The fraction of sp³-hybridized carbons (Fsp3) is 0.278. The van der Waals surface area contributed by atoms with Gasteiger partial charge in [-0.05, 0) is 30.7 Å². The number of aryl methyl sites for hydroxylation is 2. The highest BCUT2D eigenvalue weighted by molar-refractivity contribution is 7.98. The van der Waals surface area contributed by atoms with E-state index in [2.05, 4.69) is 35.9 Å². The molecule has 3 rings (SSSR count). The largest absolute Gasteiger partial charge is 0.307 e. The van der Waals surface area contributed by atoms with Gasteiger partial charge in [0.15, 0.2) is 0 Å². The zero-order valence-corrected chi connectivity index (χ0v) is 17.0. The zero-order chi connectivity index (χ0) is 18.7. The van der Waals surface area contributed by atoms with E-state index in [0.29, 0.717) is 17.0 Å². The number of nitrogens with one attached hydrogen (secondary N) is 1. The van der Waals surface area contributed by atoms with Gasteiger partial charge in [0.2, 0.25) is 10.0 Å². The summed E-state index contributed by atoms with van der Waals surface area (Å²) in [7, 11) is -1.89. The summed E-state index contributed by atoms with van der Waals surface area (Å²) >= 11 is 2.74. The molecule has 0 bridgehead atoms. The van der Waals surface area contributed by atoms with Crippen molar-refractivity contribution in [2.75, 3.05) is 12.3 Å². The predicted molar refractivity (Wildman–Crippen MR) is 110 cm³/mol. The maximum Gasteiger partial charge on any atom is 0.307 e. The van der Waals surface area contributed by atoms with Crippen molar-refractivity contribution in [3.8, 4) is 0 Å². The third kappa shape index (κ3) is 4.37. The highest BCUT2D eigenvalue weighted by Gasteiger charge is 2.15. The van der Waals surface area contributed by atoms with E-state index >= 15 is 0 Å². The lowest BCUT2D eigenvalue weighted by molar-refractivity contribution is 0.584. The van der Waals surface area contributed by atoms with Crippen LogP contribution in [-0.2, 0) is 22.8 Å². The van der Waals surface area contributed by atoms with E-state index in [-0.39, 0.29) is 9.77 Å². The lowest BCUT2D eigenvalue weighted by Gasteiger charge is -2.07. The molecule has 0 aliphatic carbocycles. The van der Waals surface area contributed by atoms with Crippen molar-refractivity contribution < 1.29 is 8.42 Å². The molecule has 26 heavy (non-hydrogen) atoms. The first-order chi connectivity index (χ1) is 12.4. The van der Waals surface area contributed by atoms with E-state index in [0.717, 1.165) is 22.6 Å². The van der Waals surface area contributed by atoms with Gasteiger partial charge < -0.3 is 4.57 Å². The van der Waals surface area contributed by atoms with Gasteiger partial charge in [0.1, 0.15) is 0 Å². The fourth-order valence-electron chi connectivity index (χ4n) is 2.49. The number of thiazole rings is 1. The average molecular weight is 409 g/mol. The number of rotatable bonds is 7. The van der Waals surface area contributed by atoms with E-state index in [4.69, 9.17) is 0 Å². The number of aromatic nitrogens is 1. The first kappa shape index (κ1) is 19.2. The second-order valence-corrected chi connectivity index (χ2v) is 9.86. The molecule has 0 radical (unpaired) electrons. The summed E-state index contributed by atoms with van der Waals surface area (Å²) < 4.78 is 29.7. The minimum atomic E-state index is -3.57. The highest BCUT2D eigenvalue weighted by atomic mass is 32.2. The summed E-state index contributed by atoms with van der Waals surface area (Å²) in [5.41, 5.74) is 3.20. The Bertz CT molecular complexity index is 1070. The monoisotopic (exact) mass is 408 g/mol. The van der Waals surface area contributed by atoms with Crippen molar-refractivity contribution >= 4 is 43.3 Å². The van der Waals surface area contributed by atoms with Crippen LogP contribution in [0.3, 0.4) is 0 Å². The first-order valence-electron chi connectivity index (χ1n) is 8.09. The van der Waals surface area contributed by atoms with E-state index in [1.807, 2.05) is 0 Å². The maximum absolute atomic E-state index is 12.4. The Morgan fingerprint density at radius 2 is 1.88 bits per heavy atom. The number of hydrogen-bond acceptors (Lipinski definition) is 5. The molecule has 0 unspecified atom stereocenters. The van der Waals surface area contributed by atoms with Crippen LogP contribution >= 0.6 is 23.1 Å². The molecule has 0 saturated heterocycles. The molecule has 1 heterocycles. The van der Waals surface area contributed by atoms with Crippen LogP contribution in [0.15, 0.2) is 52.2 Å². The maximum atomic E-state index is 12.4. The Labute approximate surface area is 161 Å². The molecule has 0 aliphatic rings. The topological polar surface area (TPSA) is 68.2 Å². The Morgan fingerprint density at radius 1 is 1.15 bits per heavy atom. The third-order valence-corrected chi connectivity index (χ3v) is 7.49. The van der Waals surface area contributed by atoms with Gasteiger partial charge in [0.05, 0.1) is 15.1 Å². The van der Waals surface area contributed by atoms with Gasteiger partial charge in [-0.15, -0.1) is 0 Å². The Morgan fingerprint density at radius 3 is 2.62 bits per heavy atom. The number of sulfonamides is 1. The summed E-state index contributed by atoms with van der Waals surface area (Å²) in [4.78, 5) is 11.8. The van der Waals surface area contributed by atoms with Crippen LogP contribution in [0.25, 0.3) is 10.2 Å². The van der Waals surface area contributed by atoms with Crippen LogP contribution in [0, 0.1) is 6.92 Å². The van der Waals surface area contributed by atoms with Crippen molar-refractivity contribution in [3.63, 3.8) is 0 Å². The van der Waals surface area contributed by atoms with Crippen LogP contribution in [0.2, 0.25) is 0 Å². The van der Waals surface area contributed by atoms with Crippen LogP contribution in [0.1, 0.15) is 11.1 Å². The van der Waals surface area contributed by atoms with Crippen LogP contribution < -0.4 is 9.60 Å². The molecule has 5 nitrogen and oxygen atoms in total. The van der Waals surface area contributed by atoms with Gasteiger partial charge in [-0.25, -0.2) is 13.1 Å². The third-order valence-electron chi connectivity index (χ3n) is 4.00. The van der Waals surface area contributed by atoms with E-state index < -0.39 is 10.0 Å². The smallest absolute Gasteiger partial charge is 0.302 e. The van der Waals surface area contributed by atoms with E-state index in [1.54, 1.807) is 30.9 Å². The minimum Gasteiger partial charge on any atom is -0.302 e. The molecular formula is C18H20N2O3S3. The molecule has 2 aromatic carbocycles. The fourth-order valence-corrected chi connectivity index (χ4v) is 5.49. The lowest BCUT2D eigenvalue weighted by atomic mass is 10.2. The standard InChI is InChI=1S/C18H20N2O3S3/c1-13-3-5-14(6-4-13)12-24-10-9-19-26(22,23)15-7-8-16-17(11-15)25-18(21)20(16)2/h3-8,11,19H,9-10,12H2,1-2H3. The molecular weight excluding hydrogens is 388 g/mol. The van der Waals surface area contributed by atoms with Gasteiger partial charge in [-0.1, -0.05) is 41.2 Å². The molecule has 1 aromatic heterocycles. The number of nitrogens with zero attached hydrogens (tertiary/aromatic N) is 1. The molecule has 0 spiro atoms. The number of benzene rings is 2. The quantitative estimate of drug-likeness (QED) is 0.610. The van der Waals surface area contributed by atoms with Crippen molar-refractivity contribution in [2.45, 2.75) is 17.6 Å². The number of thioether (sulfide) groups is 1. The molecule has 0 fully saturated rings. The van der Waals surface area contributed by atoms with Crippen molar-refractivity contribution in [1.82, 2.24) is 9.29 Å². The second-order valence-electron chi connectivity index (χ2n) is 5.99. The molecule has 0 amide bonds. The molecule has 0 saturated carbocycles. The van der Waals surface area contributed by atoms with Crippen molar-refractivity contribution in [1.29, 1.82) is 0 Å². The molecule has 1 N–H and O–H groups in total. The van der Waals surface area contributed by atoms with E-state index in [1.165, 1.54) is 21.8 Å². The van der Waals surface area contributed by atoms with Gasteiger partial charge >= 0.3 is 4.87 Å². The Hall–Kier alpha value is -1.61. The summed E-state index contributed by atoms with van der Waals surface area (Å²) in [6, 6.07) is 13.1. The highest BCUT2D eigenvalue weighted by Crippen LogP contribution is 2.21. The van der Waals surface area contributed by atoms with Gasteiger partial charge in [-0.3, -0.25) is 4.79 Å².